The third-order valence-electron chi connectivity index (χ3n) is 6.11. The van der Waals surface area contributed by atoms with Gasteiger partial charge in [0.25, 0.3) is 0 Å². The van der Waals surface area contributed by atoms with Crippen LogP contribution in [-0.2, 0) is 9.47 Å². The van der Waals surface area contributed by atoms with Gasteiger partial charge < -0.3 is 29.5 Å². The highest BCUT2D eigenvalue weighted by Gasteiger charge is 2.35. The molecule has 8 nitrogen and oxygen atoms in total. The molecule has 0 bridgehead atoms. The number of likely N-dealkylation sites (tertiary alicyclic amines) is 1. The molecule has 0 aromatic carbocycles. The van der Waals surface area contributed by atoms with Crippen molar-refractivity contribution in [2.24, 2.45) is 10.9 Å². The first-order chi connectivity index (χ1) is 14.7. The molecule has 2 aliphatic heterocycles. The van der Waals surface area contributed by atoms with Gasteiger partial charge in [-0.2, -0.15) is 0 Å². The topological polar surface area (TPSA) is 69.6 Å². The van der Waals surface area contributed by atoms with E-state index in [0.29, 0.717) is 12.5 Å². The first-order valence-corrected chi connectivity index (χ1v) is 12.1. The van der Waals surface area contributed by atoms with E-state index in [-0.39, 0.29) is 18.2 Å². The molecule has 31 heavy (non-hydrogen) atoms. The number of nitrogens with one attached hydrogen (secondary N) is 1. The molecule has 2 heterocycles. The summed E-state index contributed by atoms with van der Waals surface area (Å²) in [5, 5.41) is 3.44. The highest BCUT2D eigenvalue weighted by atomic mass is 16.6. The molecule has 1 amide bonds. The fourth-order valence-electron chi connectivity index (χ4n) is 4.25. The lowest BCUT2D eigenvalue weighted by Crippen LogP contribution is -2.53. The third-order valence-corrected chi connectivity index (χ3v) is 6.11. The first kappa shape index (κ1) is 24.1. The van der Waals surface area contributed by atoms with Crippen LogP contribution in [0.4, 0.5) is 4.79 Å². The Labute approximate surface area is 188 Å². The molecular weight excluding hydrogens is 394 g/mol. The molecule has 2 saturated heterocycles. The van der Waals surface area contributed by atoms with Crippen molar-refractivity contribution in [2.45, 2.75) is 71.1 Å². The number of hydrogen-bond acceptors (Lipinski definition) is 5. The van der Waals surface area contributed by atoms with Crippen molar-refractivity contribution in [2.75, 3.05) is 59.5 Å². The van der Waals surface area contributed by atoms with Crippen molar-refractivity contribution in [3.63, 3.8) is 0 Å². The second-order valence-electron chi connectivity index (χ2n) is 10.2. The highest BCUT2D eigenvalue weighted by Crippen LogP contribution is 2.32. The molecule has 8 heteroatoms. The minimum Gasteiger partial charge on any atom is -0.444 e. The monoisotopic (exact) mass is 437 g/mol. The number of aliphatic imine (C=N–C) groups is 1. The second kappa shape index (κ2) is 10.9. The number of morpholine rings is 1. The van der Waals surface area contributed by atoms with E-state index in [1.807, 2.05) is 25.7 Å². The number of rotatable bonds is 6. The standard InChI is InChI=1S/C23H43N5O3/c1-6-24-21(25-15-20-17-26(5)13-14-30-20)27-11-9-19(10-12-27)28(16-18-7-8-18)22(29)31-23(2,3)4/h18-20H,6-17H2,1-5H3,(H,24,25). The maximum absolute atomic E-state index is 12.9. The maximum Gasteiger partial charge on any atom is 0.410 e. The molecule has 178 valence electrons. The van der Waals surface area contributed by atoms with E-state index in [1.165, 1.54) is 12.8 Å². The summed E-state index contributed by atoms with van der Waals surface area (Å²) in [7, 11) is 2.13. The zero-order valence-electron chi connectivity index (χ0n) is 20.2. The highest BCUT2D eigenvalue weighted by molar-refractivity contribution is 5.80. The fourth-order valence-corrected chi connectivity index (χ4v) is 4.25. The number of nitrogens with zero attached hydrogens (tertiary/aromatic N) is 4. The average Bonchev–Trinajstić information content (AvgIpc) is 3.52. The lowest BCUT2D eigenvalue weighted by atomic mass is 10.0. The third kappa shape index (κ3) is 7.83. The Morgan fingerprint density at radius 1 is 1.19 bits per heavy atom. The molecule has 1 N–H and O–H groups in total. The fraction of sp³-hybridized carbons (Fsp3) is 0.913. The van der Waals surface area contributed by atoms with Gasteiger partial charge in [0.15, 0.2) is 5.96 Å². The van der Waals surface area contributed by atoms with Gasteiger partial charge in [0.1, 0.15) is 5.60 Å². The van der Waals surface area contributed by atoms with Gasteiger partial charge >= 0.3 is 6.09 Å². The number of ether oxygens (including phenoxy) is 2. The molecule has 3 fully saturated rings. The summed E-state index contributed by atoms with van der Waals surface area (Å²) in [6.07, 6.45) is 4.35. The number of carbonyl (C=O) groups excluding carboxylic acids is 1. The van der Waals surface area contributed by atoms with E-state index in [2.05, 4.69) is 29.1 Å². The second-order valence-corrected chi connectivity index (χ2v) is 10.2. The minimum atomic E-state index is -0.459. The van der Waals surface area contributed by atoms with Crippen molar-refractivity contribution in [3.8, 4) is 0 Å². The number of hydrogen-bond donors (Lipinski definition) is 1. The van der Waals surface area contributed by atoms with Crippen LogP contribution in [0.5, 0.6) is 0 Å². The van der Waals surface area contributed by atoms with E-state index in [1.54, 1.807) is 0 Å². The largest absolute Gasteiger partial charge is 0.444 e. The van der Waals surface area contributed by atoms with Crippen LogP contribution in [0.2, 0.25) is 0 Å². The van der Waals surface area contributed by atoms with Crippen LogP contribution in [0.15, 0.2) is 4.99 Å². The predicted molar refractivity (Wildman–Crippen MR) is 123 cm³/mol. The smallest absolute Gasteiger partial charge is 0.410 e. The summed E-state index contributed by atoms with van der Waals surface area (Å²) in [6, 6.07) is 0.241. The molecule has 0 aromatic heterocycles. The number of carbonyl (C=O) groups is 1. The van der Waals surface area contributed by atoms with Crippen LogP contribution >= 0.6 is 0 Å². The summed E-state index contributed by atoms with van der Waals surface area (Å²) >= 11 is 0. The molecule has 1 saturated carbocycles. The zero-order valence-corrected chi connectivity index (χ0v) is 20.2. The summed E-state index contributed by atoms with van der Waals surface area (Å²) < 4.78 is 11.6. The Morgan fingerprint density at radius 3 is 2.48 bits per heavy atom. The van der Waals surface area contributed by atoms with Gasteiger partial charge in [0.2, 0.25) is 0 Å². The normalized spacial score (nSPS) is 24.2. The summed E-state index contributed by atoms with van der Waals surface area (Å²) in [6.45, 7) is 14.8. The predicted octanol–water partition coefficient (Wildman–Crippen LogP) is 2.39. The number of likely N-dealkylation sites (N-methyl/N-ethyl adjacent to an activating group) is 1. The van der Waals surface area contributed by atoms with Crippen LogP contribution in [0.25, 0.3) is 0 Å². The van der Waals surface area contributed by atoms with E-state index >= 15 is 0 Å². The maximum atomic E-state index is 12.9. The van der Waals surface area contributed by atoms with E-state index in [4.69, 9.17) is 14.5 Å². The molecule has 1 atom stereocenters. The Morgan fingerprint density at radius 2 is 1.90 bits per heavy atom. The Kier molecular flexibility index (Phi) is 8.44. The van der Waals surface area contributed by atoms with Gasteiger partial charge in [-0.25, -0.2) is 4.79 Å². The van der Waals surface area contributed by atoms with Crippen LogP contribution in [0.1, 0.15) is 53.4 Å². The Hall–Kier alpha value is -1.54. The van der Waals surface area contributed by atoms with Crippen LogP contribution < -0.4 is 5.32 Å². The van der Waals surface area contributed by atoms with Gasteiger partial charge in [0, 0.05) is 45.3 Å². The van der Waals surface area contributed by atoms with Gasteiger partial charge in [-0.1, -0.05) is 0 Å². The van der Waals surface area contributed by atoms with Crippen molar-refractivity contribution >= 4 is 12.1 Å². The summed E-state index contributed by atoms with van der Waals surface area (Å²) in [5.41, 5.74) is -0.459. The van der Waals surface area contributed by atoms with Crippen LogP contribution in [0, 0.1) is 5.92 Å². The van der Waals surface area contributed by atoms with Crippen LogP contribution in [0.3, 0.4) is 0 Å². The van der Waals surface area contributed by atoms with Crippen molar-refractivity contribution in [3.05, 3.63) is 0 Å². The summed E-state index contributed by atoms with van der Waals surface area (Å²) in [4.78, 5) is 24.4. The molecule has 0 aromatic rings. The van der Waals surface area contributed by atoms with Gasteiger partial charge in [-0.3, -0.25) is 4.99 Å². The number of guanidine groups is 1. The number of piperidine rings is 1. The van der Waals surface area contributed by atoms with E-state index < -0.39 is 5.60 Å². The van der Waals surface area contributed by atoms with Crippen molar-refractivity contribution in [1.29, 1.82) is 0 Å². The molecule has 0 spiro atoms. The zero-order chi connectivity index (χ0) is 22.4. The molecular formula is C23H43N5O3. The number of amides is 1. The lowest BCUT2D eigenvalue weighted by Gasteiger charge is -2.40. The van der Waals surface area contributed by atoms with Crippen molar-refractivity contribution < 1.29 is 14.3 Å². The molecule has 3 rings (SSSR count). The van der Waals surface area contributed by atoms with Crippen LogP contribution in [-0.4, -0.2) is 104 Å². The SMILES string of the molecule is CCNC(=NCC1CN(C)CCO1)N1CCC(N(CC2CC2)C(=O)OC(C)(C)C)CC1. The van der Waals surface area contributed by atoms with Gasteiger partial charge in [-0.05, 0) is 66.3 Å². The first-order valence-electron chi connectivity index (χ1n) is 12.1. The molecule has 3 aliphatic rings. The van der Waals surface area contributed by atoms with E-state index in [9.17, 15) is 4.79 Å². The quantitative estimate of drug-likeness (QED) is 0.508. The molecule has 0 radical (unpaired) electrons. The van der Waals surface area contributed by atoms with E-state index in [0.717, 1.165) is 64.7 Å². The Bertz CT molecular complexity index is 609. The lowest BCUT2D eigenvalue weighted by molar-refractivity contribution is -0.0138. The summed E-state index contributed by atoms with van der Waals surface area (Å²) in [5.74, 6) is 1.61. The van der Waals surface area contributed by atoms with Gasteiger partial charge in [0.05, 0.1) is 19.3 Å². The average molecular weight is 438 g/mol. The minimum absolute atomic E-state index is 0.156. The van der Waals surface area contributed by atoms with Gasteiger partial charge in [-0.15, -0.1) is 0 Å². The molecule has 1 unspecified atom stereocenters. The Balaban J connectivity index is 1.56. The van der Waals surface area contributed by atoms with Crippen molar-refractivity contribution in [1.82, 2.24) is 20.0 Å². The molecule has 1 aliphatic carbocycles.